The van der Waals surface area contributed by atoms with Gasteiger partial charge in [-0.05, 0) is 37.1 Å². The number of rotatable bonds is 3. The Morgan fingerprint density at radius 1 is 1.04 bits per heavy atom. The minimum absolute atomic E-state index is 0.399. The molecule has 5 heteroatoms. The molecule has 0 saturated carbocycles. The number of aromatic nitrogens is 2. The lowest BCUT2D eigenvalue weighted by molar-refractivity contribution is 0.100. The van der Waals surface area contributed by atoms with Crippen molar-refractivity contribution in [3.05, 3.63) is 54.2 Å². The minimum atomic E-state index is -0.489. The predicted molar refractivity (Wildman–Crippen MR) is 94.9 cm³/mol. The first-order valence-electron chi connectivity index (χ1n) is 8.13. The number of anilines is 1. The van der Waals surface area contributed by atoms with Crippen molar-refractivity contribution < 1.29 is 4.79 Å². The van der Waals surface area contributed by atoms with Crippen LogP contribution >= 0.6 is 0 Å². The van der Waals surface area contributed by atoms with Gasteiger partial charge in [-0.1, -0.05) is 18.2 Å². The van der Waals surface area contributed by atoms with Crippen molar-refractivity contribution in [1.82, 2.24) is 9.97 Å². The zero-order valence-electron chi connectivity index (χ0n) is 13.3. The number of carbonyl (C=O) groups is 1. The molecule has 24 heavy (non-hydrogen) atoms. The number of benzene rings is 2. The summed E-state index contributed by atoms with van der Waals surface area (Å²) in [6.45, 7) is 2.24. The molecule has 2 heterocycles. The highest BCUT2D eigenvalue weighted by molar-refractivity contribution is 6.04. The number of amides is 1. The van der Waals surface area contributed by atoms with Crippen LogP contribution in [0.25, 0.3) is 22.3 Å². The maximum Gasteiger partial charge on any atom is 0.250 e. The van der Waals surface area contributed by atoms with Crippen LogP contribution in [0.4, 0.5) is 5.69 Å². The van der Waals surface area contributed by atoms with Gasteiger partial charge in [0.15, 0.2) is 0 Å². The lowest BCUT2D eigenvalue weighted by Gasteiger charge is -2.17. The van der Waals surface area contributed by atoms with Crippen LogP contribution in [0, 0.1) is 0 Å². The number of nitrogens with two attached hydrogens (primary N) is 1. The zero-order chi connectivity index (χ0) is 16.5. The molecule has 1 saturated heterocycles. The lowest BCUT2D eigenvalue weighted by Crippen LogP contribution is -2.17. The summed E-state index contributed by atoms with van der Waals surface area (Å²) in [5.41, 5.74) is 10.0. The number of primary amides is 1. The fourth-order valence-corrected chi connectivity index (χ4v) is 3.19. The fourth-order valence-electron chi connectivity index (χ4n) is 3.19. The summed E-state index contributed by atoms with van der Waals surface area (Å²) in [5.74, 6) is -0.489. The molecule has 0 unspecified atom stereocenters. The van der Waals surface area contributed by atoms with Gasteiger partial charge in [0.25, 0.3) is 5.91 Å². The average Bonchev–Trinajstić information content (AvgIpc) is 3.15. The van der Waals surface area contributed by atoms with E-state index in [-0.39, 0.29) is 0 Å². The van der Waals surface area contributed by atoms with Gasteiger partial charge < -0.3 is 10.6 Å². The molecule has 5 nitrogen and oxygen atoms in total. The number of carbonyl (C=O) groups excluding carboxylic acids is 1. The smallest absolute Gasteiger partial charge is 0.250 e. The topological polar surface area (TPSA) is 72.1 Å². The predicted octanol–water partition coefficient (Wildman–Crippen LogP) is 3.00. The zero-order valence-corrected chi connectivity index (χ0v) is 13.3. The van der Waals surface area contributed by atoms with Gasteiger partial charge in [0.1, 0.15) is 5.52 Å². The first kappa shape index (κ1) is 14.6. The van der Waals surface area contributed by atoms with Crippen LogP contribution < -0.4 is 10.6 Å². The second-order valence-corrected chi connectivity index (χ2v) is 6.03. The van der Waals surface area contributed by atoms with E-state index < -0.39 is 5.91 Å². The molecule has 0 atom stereocenters. The molecule has 0 aliphatic carbocycles. The number of hydrogen-bond donors (Lipinski definition) is 1. The summed E-state index contributed by atoms with van der Waals surface area (Å²) < 4.78 is 0. The van der Waals surface area contributed by atoms with Gasteiger partial charge in [-0.15, -0.1) is 0 Å². The van der Waals surface area contributed by atoms with E-state index in [0.29, 0.717) is 16.6 Å². The quantitative estimate of drug-likeness (QED) is 0.806. The van der Waals surface area contributed by atoms with Gasteiger partial charge in [-0.3, -0.25) is 9.78 Å². The summed E-state index contributed by atoms with van der Waals surface area (Å²) in [7, 11) is 0. The Kier molecular flexibility index (Phi) is 3.61. The third-order valence-corrected chi connectivity index (χ3v) is 4.47. The first-order valence-corrected chi connectivity index (χ1v) is 8.13. The van der Waals surface area contributed by atoms with E-state index >= 15 is 0 Å². The second-order valence-electron chi connectivity index (χ2n) is 6.03. The highest BCUT2D eigenvalue weighted by atomic mass is 16.1. The Bertz CT molecular complexity index is 899. The Hall–Kier alpha value is -2.95. The molecule has 2 aromatic carbocycles. The number of nitrogens with zero attached hydrogens (tertiary/aromatic N) is 3. The van der Waals surface area contributed by atoms with Gasteiger partial charge in [0, 0.05) is 24.3 Å². The number of hydrogen-bond acceptors (Lipinski definition) is 4. The van der Waals surface area contributed by atoms with E-state index in [0.717, 1.165) is 24.3 Å². The fraction of sp³-hybridized carbons (Fsp3) is 0.211. The Morgan fingerprint density at radius 2 is 1.79 bits per heavy atom. The van der Waals surface area contributed by atoms with Crippen LogP contribution in [0.5, 0.6) is 0 Å². The van der Waals surface area contributed by atoms with E-state index in [1.807, 2.05) is 6.07 Å². The van der Waals surface area contributed by atoms with Crippen LogP contribution in [0.1, 0.15) is 23.2 Å². The molecule has 1 aromatic heterocycles. The SMILES string of the molecule is NC(=O)c1cccc2ncc(-c3ccc(N4CCCC4)cc3)nc12. The standard InChI is InChI=1S/C19H18N4O/c20-19(24)15-4-3-5-16-18(15)22-17(12-21-16)13-6-8-14(9-7-13)23-10-1-2-11-23/h3-9,12H,1-2,10-11H2,(H2,20,24). The molecule has 1 aliphatic heterocycles. The van der Waals surface area contributed by atoms with E-state index in [1.165, 1.54) is 18.5 Å². The summed E-state index contributed by atoms with van der Waals surface area (Å²) >= 11 is 0. The van der Waals surface area contributed by atoms with Gasteiger partial charge in [0.2, 0.25) is 0 Å². The monoisotopic (exact) mass is 318 g/mol. The van der Waals surface area contributed by atoms with Gasteiger partial charge in [-0.2, -0.15) is 0 Å². The van der Waals surface area contributed by atoms with E-state index in [9.17, 15) is 4.79 Å². The third-order valence-electron chi connectivity index (χ3n) is 4.47. The Labute approximate surface area is 140 Å². The molecular weight excluding hydrogens is 300 g/mol. The molecule has 1 amide bonds. The normalized spacial score (nSPS) is 14.2. The molecule has 0 radical (unpaired) electrons. The third kappa shape index (κ3) is 2.58. The molecular formula is C19H18N4O. The van der Waals surface area contributed by atoms with Crippen LogP contribution in [0.15, 0.2) is 48.7 Å². The van der Waals surface area contributed by atoms with Crippen LogP contribution in [-0.4, -0.2) is 29.0 Å². The lowest BCUT2D eigenvalue weighted by atomic mass is 10.1. The summed E-state index contributed by atoms with van der Waals surface area (Å²) in [6.07, 6.45) is 4.25. The average molecular weight is 318 g/mol. The Balaban J connectivity index is 1.73. The highest BCUT2D eigenvalue weighted by Gasteiger charge is 2.13. The molecule has 1 fully saturated rings. The summed E-state index contributed by atoms with van der Waals surface area (Å²) in [5, 5.41) is 0. The minimum Gasteiger partial charge on any atom is -0.372 e. The van der Waals surface area contributed by atoms with Crippen LogP contribution in [0.3, 0.4) is 0 Å². The van der Waals surface area contributed by atoms with Crippen molar-refractivity contribution in [2.75, 3.05) is 18.0 Å². The summed E-state index contributed by atoms with van der Waals surface area (Å²) in [4.78, 5) is 23.0. The van der Waals surface area contributed by atoms with Crippen LogP contribution in [-0.2, 0) is 0 Å². The number of fused-ring (bicyclic) bond motifs is 1. The molecule has 2 N–H and O–H groups in total. The molecule has 0 spiro atoms. The van der Waals surface area contributed by atoms with Crippen molar-refractivity contribution in [3.8, 4) is 11.3 Å². The van der Waals surface area contributed by atoms with Crippen molar-refractivity contribution in [3.63, 3.8) is 0 Å². The largest absolute Gasteiger partial charge is 0.372 e. The molecule has 120 valence electrons. The van der Waals surface area contributed by atoms with E-state index in [2.05, 4.69) is 39.1 Å². The van der Waals surface area contributed by atoms with Crippen molar-refractivity contribution in [1.29, 1.82) is 0 Å². The maximum absolute atomic E-state index is 11.6. The van der Waals surface area contributed by atoms with Crippen LogP contribution in [0.2, 0.25) is 0 Å². The second kappa shape index (κ2) is 5.92. The molecule has 4 rings (SSSR count). The molecule has 0 bridgehead atoms. The first-order chi connectivity index (χ1) is 11.7. The van der Waals surface area contributed by atoms with E-state index in [4.69, 9.17) is 5.73 Å². The molecule has 1 aliphatic rings. The van der Waals surface area contributed by atoms with Crippen molar-refractivity contribution in [2.24, 2.45) is 5.73 Å². The summed E-state index contributed by atoms with van der Waals surface area (Å²) in [6, 6.07) is 13.6. The maximum atomic E-state index is 11.6. The Morgan fingerprint density at radius 3 is 2.50 bits per heavy atom. The molecule has 3 aromatic rings. The number of para-hydroxylation sites is 1. The van der Waals surface area contributed by atoms with Gasteiger partial charge in [-0.25, -0.2) is 4.98 Å². The van der Waals surface area contributed by atoms with Gasteiger partial charge >= 0.3 is 0 Å². The highest BCUT2D eigenvalue weighted by Crippen LogP contribution is 2.25. The van der Waals surface area contributed by atoms with Crippen molar-refractivity contribution >= 4 is 22.6 Å². The van der Waals surface area contributed by atoms with Gasteiger partial charge in [0.05, 0.1) is 23.0 Å². The van der Waals surface area contributed by atoms with Crippen molar-refractivity contribution in [2.45, 2.75) is 12.8 Å². The van der Waals surface area contributed by atoms with E-state index in [1.54, 1.807) is 18.3 Å².